The smallest absolute Gasteiger partial charge is 0.255 e. The first kappa shape index (κ1) is 24.5. The Kier molecular flexibility index (Phi) is 6.92. The summed E-state index contributed by atoms with van der Waals surface area (Å²) < 4.78 is 5.60. The molecule has 0 spiro atoms. The highest BCUT2D eigenvalue weighted by Gasteiger charge is 2.19. The molecule has 1 aliphatic heterocycles. The number of benzene rings is 3. The van der Waals surface area contributed by atoms with E-state index < -0.39 is 0 Å². The summed E-state index contributed by atoms with van der Waals surface area (Å²) in [5.41, 5.74) is 6.51. The van der Waals surface area contributed by atoms with E-state index in [0.29, 0.717) is 11.4 Å². The van der Waals surface area contributed by atoms with E-state index in [1.807, 2.05) is 62.4 Å². The maximum Gasteiger partial charge on any atom is 0.255 e. The van der Waals surface area contributed by atoms with Crippen LogP contribution in [0.2, 0.25) is 0 Å². The predicted molar refractivity (Wildman–Crippen MR) is 147 cm³/mol. The molecule has 37 heavy (non-hydrogen) atoms. The molecule has 4 aromatic rings. The Morgan fingerprint density at radius 2 is 1.68 bits per heavy atom. The molecule has 190 valence electrons. The van der Waals surface area contributed by atoms with E-state index in [1.54, 1.807) is 7.11 Å². The summed E-state index contributed by atoms with van der Waals surface area (Å²) in [7, 11) is 3.81. The third-order valence-corrected chi connectivity index (χ3v) is 6.82. The summed E-state index contributed by atoms with van der Waals surface area (Å²) in [5.74, 6) is 2.14. The van der Waals surface area contributed by atoms with Gasteiger partial charge >= 0.3 is 0 Å². The summed E-state index contributed by atoms with van der Waals surface area (Å²) in [4.78, 5) is 22.1. The van der Waals surface area contributed by atoms with Gasteiger partial charge in [0.05, 0.1) is 12.8 Å². The minimum Gasteiger partial charge on any atom is -0.495 e. The molecule has 8 heteroatoms. The van der Waals surface area contributed by atoms with Crippen molar-refractivity contribution in [3.8, 4) is 28.3 Å². The number of likely N-dealkylation sites (N-methyl/N-ethyl adjacent to an activating group) is 1. The second kappa shape index (κ2) is 10.4. The maximum absolute atomic E-state index is 13.1. The van der Waals surface area contributed by atoms with Gasteiger partial charge in [-0.1, -0.05) is 30.3 Å². The number of aryl methyl sites for hydroxylation is 2. The van der Waals surface area contributed by atoms with Gasteiger partial charge in [-0.05, 0) is 67.9 Å². The molecule has 3 aromatic carbocycles. The number of nitrogens with zero attached hydrogens (tertiary/aromatic N) is 4. The summed E-state index contributed by atoms with van der Waals surface area (Å²) in [5, 5.41) is 10.2. The monoisotopic (exact) mass is 496 g/mol. The van der Waals surface area contributed by atoms with Gasteiger partial charge in [-0.2, -0.15) is 5.10 Å². The lowest BCUT2D eigenvalue weighted by molar-refractivity contribution is 0.102. The predicted octanol–water partition coefficient (Wildman–Crippen LogP) is 4.77. The fourth-order valence-corrected chi connectivity index (χ4v) is 4.66. The Morgan fingerprint density at radius 1 is 0.946 bits per heavy atom. The second-order valence-electron chi connectivity index (χ2n) is 9.48. The zero-order chi connectivity index (χ0) is 25.9. The van der Waals surface area contributed by atoms with Gasteiger partial charge in [0, 0.05) is 43.0 Å². The molecule has 0 radical (unpaired) electrons. The van der Waals surface area contributed by atoms with Crippen LogP contribution in [0.1, 0.15) is 21.7 Å². The number of anilines is 2. The molecule has 0 atom stereocenters. The van der Waals surface area contributed by atoms with E-state index in [9.17, 15) is 4.79 Å². The molecule has 1 fully saturated rings. The van der Waals surface area contributed by atoms with Crippen molar-refractivity contribution >= 4 is 17.3 Å². The Balaban J connectivity index is 1.31. The third-order valence-electron chi connectivity index (χ3n) is 6.82. The highest BCUT2D eigenvalue weighted by Crippen LogP contribution is 2.32. The molecule has 0 aliphatic carbocycles. The van der Waals surface area contributed by atoms with Crippen LogP contribution in [-0.2, 0) is 0 Å². The molecule has 8 nitrogen and oxygen atoms in total. The number of carbonyl (C=O) groups excluding carboxylic acids is 1. The number of aromatic amines is 1. The number of amides is 1. The molecule has 2 N–H and O–H groups in total. The zero-order valence-electron chi connectivity index (χ0n) is 21.7. The third kappa shape index (κ3) is 5.34. The van der Waals surface area contributed by atoms with E-state index >= 15 is 0 Å². The van der Waals surface area contributed by atoms with Gasteiger partial charge in [0.15, 0.2) is 5.82 Å². The van der Waals surface area contributed by atoms with Crippen LogP contribution < -0.4 is 15.0 Å². The molecule has 0 bridgehead atoms. The number of H-pyrrole nitrogens is 1. The standard InChI is InChI=1S/C29H32N6O2/c1-19-17-23(9-11-25(19)21-5-7-22(8-6-21)28-30-20(2)32-33-28)29(36)31-24-10-12-27(37-4)26(18-24)35-15-13-34(3)14-16-35/h5-12,17-18H,13-16H2,1-4H3,(H,31,36)(H,30,32,33). The van der Waals surface area contributed by atoms with Gasteiger partial charge in [0.2, 0.25) is 0 Å². The summed E-state index contributed by atoms with van der Waals surface area (Å²) in [6, 6.07) is 19.7. The van der Waals surface area contributed by atoms with E-state index in [0.717, 1.165) is 71.4 Å². The van der Waals surface area contributed by atoms with Crippen LogP contribution in [-0.4, -0.2) is 66.3 Å². The summed E-state index contributed by atoms with van der Waals surface area (Å²) >= 11 is 0. The minimum absolute atomic E-state index is 0.139. The first-order valence-corrected chi connectivity index (χ1v) is 12.4. The molecule has 2 heterocycles. The Hall–Kier alpha value is -4.17. The number of hydrogen-bond acceptors (Lipinski definition) is 6. The second-order valence-corrected chi connectivity index (χ2v) is 9.48. The molecule has 1 saturated heterocycles. The first-order valence-electron chi connectivity index (χ1n) is 12.4. The average molecular weight is 497 g/mol. The van der Waals surface area contributed by atoms with Gasteiger partial charge in [-0.25, -0.2) is 4.98 Å². The van der Waals surface area contributed by atoms with E-state index in [1.165, 1.54) is 0 Å². The molecule has 0 unspecified atom stereocenters. The highest BCUT2D eigenvalue weighted by atomic mass is 16.5. The van der Waals surface area contributed by atoms with Crippen LogP contribution in [0.5, 0.6) is 5.75 Å². The number of nitrogens with one attached hydrogen (secondary N) is 2. The molecular weight excluding hydrogens is 464 g/mol. The lowest BCUT2D eigenvalue weighted by Crippen LogP contribution is -2.44. The van der Waals surface area contributed by atoms with Gasteiger partial charge in [-0.3, -0.25) is 9.89 Å². The van der Waals surface area contributed by atoms with Gasteiger partial charge < -0.3 is 19.9 Å². The summed E-state index contributed by atoms with van der Waals surface area (Å²) in [6.07, 6.45) is 0. The Morgan fingerprint density at radius 3 is 2.32 bits per heavy atom. The SMILES string of the molecule is COc1ccc(NC(=O)c2ccc(-c3ccc(-c4n[nH]c(C)n4)cc3)c(C)c2)cc1N1CCN(C)CC1. The van der Waals surface area contributed by atoms with Crippen molar-refractivity contribution in [3.05, 3.63) is 77.6 Å². The van der Waals surface area contributed by atoms with Crippen molar-refractivity contribution in [1.82, 2.24) is 20.1 Å². The van der Waals surface area contributed by atoms with Crippen molar-refractivity contribution in [2.45, 2.75) is 13.8 Å². The average Bonchev–Trinajstić information content (AvgIpc) is 3.35. The van der Waals surface area contributed by atoms with Crippen molar-refractivity contribution in [2.24, 2.45) is 0 Å². The van der Waals surface area contributed by atoms with Crippen molar-refractivity contribution in [3.63, 3.8) is 0 Å². The van der Waals surface area contributed by atoms with Crippen LogP contribution in [0.4, 0.5) is 11.4 Å². The topological polar surface area (TPSA) is 86.4 Å². The number of methoxy groups -OCH3 is 1. The number of aromatic nitrogens is 3. The number of ether oxygens (including phenoxy) is 1. The lowest BCUT2D eigenvalue weighted by Gasteiger charge is -2.35. The maximum atomic E-state index is 13.1. The first-order chi connectivity index (χ1) is 17.9. The fourth-order valence-electron chi connectivity index (χ4n) is 4.66. The van der Waals surface area contributed by atoms with E-state index in [2.05, 4.69) is 49.5 Å². The zero-order valence-corrected chi connectivity index (χ0v) is 21.7. The van der Waals surface area contributed by atoms with Gasteiger partial charge in [0.25, 0.3) is 5.91 Å². The van der Waals surface area contributed by atoms with Gasteiger partial charge in [-0.15, -0.1) is 0 Å². The van der Waals surface area contributed by atoms with Crippen LogP contribution >= 0.6 is 0 Å². The minimum atomic E-state index is -0.139. The lowest BCUT2D eigenvalue weighted by atomic mass is 9.97. The van der Waals surface area contributed by atoms with Crippen LogP contribution in [0.15, 0.2) is 60.7 Å². The number of carbonyl (C=O) groups is 1. The molecular formula is C29H32N6O2. The molecule has 1 aromatic heterocycles. The molecule has 1 amide bonds. The molecule has 0 saturated carbocycles. The van der Waals surface area contributed by atoms with E-state index in [4.69, 9.17) is 4.74 Å². The Labute approximate surface area is 217 Å². The normalized spacial score (nSPS) is 14.0. The highest BCUT2D eigenvalue weighted by molar-refractivity contribution is 6.05. The number of piperazine rings is 1. The van der Waals surface area contributed by atoms with E-state index in [-0.39, 0.29) is 5.91 Å². The molecule has 1 aliphatic rings. The summed E-state index contributed by atoms with van der Waals surface area (Å²) in [6.45, 7) is 7.74. The number of rotatable bonds is 6. The number of hydrogen-bond donors (Lipinski definition) is 2. The quantitative estimate of drug-likeness (QED) is 0.400. The van der Waals surface area contributed by atoms with Crippen LogP contribution in [0.25, 0.3) is 22.5 Å². The van der Waals surface area contributed by atoms with Crippen molar-refractivity contribution in [2.75, 3.05) is 50.6 Å². The molecule has 5 rings (SSSR count). The largest absolute Gasteiger partial charge is 0.495 e. The Bertz CT molecular complexity index is 1400. The van der Waals surface area contributed by atoms with Crippen LogP contribution in [0.3, 0.4) is 0 Å². The van der Waals surface area contributed by atoms with Gasteiger partial charge in [0.1, 0.15) is 11.6 Å². The van der Waals surface area contributed by atoms with Crippen LogP contribution in [0, 0.1) is 13.8 Å². The van der Waals surface area contributed by atoms with Crippen molar-refractivity contribution < 1.29 is 9.53 Å². The fraction of sp³-hybridized carbons (Fsp3) is 0.276. The van der Waals surface area contributed by atoms with Crippen molar-refractivity contribution in [1.29, 1.82) is 0 Å².